The van der Waals surface area contributed by atoms with Gasteiger partial charge in [0, 0.05) is 50.1 Å². The molecule has 0 spiro atoms. The SMILES string of the molecule is CCNC(=NCc1ccc(N2CCCC2=O)cc1)N1CC2C3CCC(O3)C2C1.I. The molecule has 29 heavy (non-hydrogen) atoms. The third-order valence-corrected chi connectivity index (χ3v) is 6.82. The number of hydrogen-bond donors (Lipinski definition) is 1. The molecule has 0 aromatic heterocycles. The number of likely N-dealkylation sites (tertiary alicyclic amines) is 1. The number of aliphatic imine (C=N–C) groups is 1. The molecule has 4 aliphatic rings. The number of nitrogens with zero attached hydrogens (tertiary/aromatic N) is 3. The topological polar surface area (TPSA) is 57.2 Å². The first-order chi connectivity index (χ1) is 13.7. The number of fused-ring (bicyclic) bond motifs is 5. The van der Waals surface area contributed by atoms with Crippen molar-refractivity contribution in [1.29, 1.82) is 0 Å². The van der Waals surface area contributed by atoms with Gasteiger partial charge in [0.1, 0.15) is 0 Å². The van der Waals surface area contributed by atoms with E-state index in [4.69, 9.17) is 9.73 Å². The second-order valence-electron chi connectivity index (χ2n) is 8.51. The lowest BCUT2D eigenvalue weighted by atomic mass is 9.82. The summed E-state index contributed by atoms with van der Waals surface area (Å²) < 4.78 is 6.10. The van der Waals surface area contributed by atoms with Crippen molar-refractivity contribution in [1.82, 2.24) is 10.2 Å². The number of nitrogens with one attached hydrogen (secondary N) is 1. The Kier molecular flexibility index (Phi) is 6.34. The Morgan fingerprint density at radius 2 is 1.86 bits per heavy atom. The van der Waals surface area contributed by atoms with Gasteiger partial charge in [-0.25, -0.2) is 4.99 Å². The van der Waals surface area contributed by atoms with Gasteiger partial charge in [-0.1, -0.05) is 12.1 Å². The highest BCUT2D eigenvalue weighted by atomic mass is 127. The van der Waals surface area contributed by atoms with E-state index in [1.165, 1.54) is 18.4 Å². The number of rotatable bonds is 4. The van der Waals surface area contributed by atoms with E-state index in [1.54, 1.807) is 0 Å². The molecule has 5 rings (SSSR count). The van der Waals surface area contributed by atoms with Crippen molar-refractivity contribution >= 4 is 41.5 Å². The lowest BCUT2D eigenvalue weighted by Gasteiger charge is -2.23. The van der Waals surface area contributed by atoms with Gasteiger partial charge in [0.05, 0.1) is 18.8 Å². The first kappa shape index (κ1) is 20.9. The fourth-order valence-corrected chi connectivity index (χ4v) is 5.43. The number of anilines is 1. The van der Waals surface area contributed by atoms with Crippen LogP contribution in [0.5, 0.6) is 0 Å². The Balaban J connectivity index is 0.00000205. The molecule has 1 aromatic carbocycles. The average molecular weight is 510 g/mol. The van der Waals surface area contributed by atoms with Crippen molar-refractivity contribution in [2.75, 3.05) is 31.1 Å². The van der Waals surface area contributed by atoms with Crippen molar-refractivity contribution < 1.29 is 9.53 Å². The summed E-state index contributed by atoms with van der Waals surface area (Å²) in [5.41, 5.74) is 2.18. The lowest BCUT2D eigenvalue weighted by molar-refractivity contribution is -0.117. The summed E-state index contributed by atoms with van der Waals surface area (Å²) in [6.07, 6.45) is 5.05. The van der Waals surface area contributed by atoms with Crippen LogP contribution in [0.15, 0.2) is 29.3 Å². The quantitative estimate of drug-likeness (QED) is 0.385. The van der Waals surface area contributed by atoms with E-state index >= 15 is 0 Å². The molecule has 0 aliphatic carbocycles. The molecule has 6 nitrogen and oxygen atoms in total. The van der Waals surface area contributed by atoms with E-state index in [1.807, 2.05) is 4.90 Å². The Bertz CT molecular complexity index is 751. The summed E-state index contributed by atoms with van der Waals surface area (Å²) in [6.45, 7) is 6.63. The van der Waals surface area contributed by atoms with E-state index in [-0.39, 0.29) is 29.9 Å². The smallest absolute Gasteiger partial charge is 0.227 e. The van der Waals surface area contributed by atoms with E-state index < -0.39 is 0 Å². The molecular weight excluding hydrogens is 479 g/mol. The van der Waals surface area contributed by atoms with Crippen LogP contribution in [-0.4, -0.2) is 55.2 Å². The number of guanidine groups is 1. The van der Waals surface area contributed by atoms with Crippen molar-refractivity contribution in [3.63, 3.8) is 0 Å². The van der Waals surface area contributed by atoms with Gasteiger partial charge >= 0.3 is 0 Å². The van der Waals surface area contributed by atoms with Crippen molar-refractivity contribution in [3.05, 3.63) is 29.8 Å². The zero-order valence-electron chi connectivity index (χ0n) is 17.0. The third-order valence-electron chi connectivity index (χ3n) is 6.82. The molecule has 4 heterocycles. The molecule has 4 aliphatic heterocycles. The highest BCUT2D eigenvalue weighted by Crippen LogP contribution is 2.47. The maximum atomic E-state index is 11.9. The van der Waals surface area contributed by atoms with Gasteiger partial charge in [0.25, 0.3) is 0 Å². The number of carbonyl (C=O) groups excluding carboxylic acids is 1. The molecule has 4 atom stereocenters. The fraction of sp³-hybridized carbons (Fsp3) is 0.636. The number of amides is 1. The minimum absolute atomic E-state index is 0. The minimum atomic E-state index is 0. The Morgan fingerprint density at radius 1 is 1.17 bits per heavy atom. The molecule has 4 unspecified atom stereocenters. The Hall–Kier alpha value is -1.35. The van der Waals surface area contributed by atoms with Gasteiger partial charge in [-0.3, -0.25) is 4.79 Å². The van der Waals surface area contributed by atoms with E-state index in [0.29, 0.717) is 37.0 Å². The van der Waals surface area contributed by atoms with Crippen LogP contribution in [0.1, 0.15) is 38.2 Å². The van der Waals surface area contributed by atoms with Crippen LogP contribution in [0.4, 0.5) is 5.69 Å². The monoisotopic (exact) mass is 510 g/mol. The number of halogens is 1. The first-order valence-electron chi connectivity index (χ1n) is 10.8. The maximum absolute atomic E-state index is 11.9. The van der Waals surface area contributed by atoms with Gasteiger partial charge in [-0.05, 0) is 43.9 Å². The standard InChI is InChI=1S/C22H30N4O2.HI/c1-2-23-22(25-13-17-18(14-25)20-10-9-19(17)28-20)24-12-15-5-7-16(8-6-15)26-11-3-4-21(26)27;/h5-8,17-20H,2-4,9-14H2,1H3,(H,23,24);1H. The number of benzene rings is 1. The molecule has 4 fully saturated rings. The third kappa shape index (κ3) is 4.00. The van der Waals surface area contributed by atoms with Crippen LogP contribution in [0.25, 0.3) is 0 Å². The number of carbonyl (C=O) groups is 1. The molecule has 7 heteroatoms. The van der Waals surface area contributed by atoms with Crippen LogP contribution in [0.3, 0.4) is 0 Å². The van der Waals surface area contributed by atoms with Crippen LogP contribution in [0, 0.1) is 11.8 Å². The van der Waals surface area contributed by atoms with E-state index in [2.05, 4.69) is 41.4 Å². The Morgan fingerprint density at radius 3 is 2.45 bits per heavy atom. The fourth-order valence-electron chi connectivity index (χ4n) is 5.43. The highest BCUT2D eigenvalue weighted by Gasteiger charge is 2.53. The van der Waals surface area contributed by atoms with Crippen LogP contribution in [-0.2, 0) is 16.1 Å². The van der Waals surface area contributed by atoms with Gasteiger partial charge in [-0.15, -0.1) is 24.0 Å². The normalized spacial score (nSPS) is 30.7. The van der Waals surface area contributed by atoms with E-state index in [0.717, 1.165) is 44.2 Å². The summed E-state index contributed by atoms with van der Waals surface area (Å²) in [7, 11) is 0. The summed E-state index contributed by atoms with van der Waals surface area (Å²) in [6, 6.07) is 8.30. The molecule has 2 bridgehead atoms. The predicted octanol–water partition coefficient (Wildman–Crippen LogP) is 3.01. The van der Waals surface area contributed by atoms with E-state index in [9.17, 15) is 4.79 Å². The summed E-state index contributed by atoms with van der Waals surface area (Å²) >= 11 is 0. The van der Waals surface area contributed by atoms with Gasteiger partial charge in [0.2, 0.25) is 5.91 Å². The summed E-state index contributed by atoms with van der Waals surface area (Å²) in [5.74, 6) is 2.62. The van der Waals surface area contributed by atoms with Crippen molar-refractivity contribution in [2.24, 2.45) is 16.8 Å². The minimum Gasteiger partial charge on any atom is -0.374 e. The average Bonchev–Trinajstić information content (AvgIpc) is 3.47. The van der Waals surface area contributed by atoms with Gasteiger partial charge < -0.3 is 19.9 Å². The van der Waals surface area contributed by atoms with Gasteiger partial charge in [0.15, 0.2) is 5.96 Å². The zero-order valence-corrected chi connectivity index (χ0v) is 19.4. The van der Waals surface area contributed by atoms with Crippen molar-refractivity contribution in [2.45, 2.75) is 51.4 Å². The molecule has 1 aromatic rings. The van der Waals surface area contributed by atoms with Crippen LogP contribution >= 0.6 is 24.0 Å². The van der Waals surface area contributed by atoms with Gasteiger partial charge in [-0.2, -0.15) is 0 Å². The second kappa shape index (κ2) is 8.79. The predicted molar refractivity (Wildman–Crippen MR) is 125 cm³/mol. The number of ether oxygens (including phenoxy) is 1. The molecule has 158 valence electrons. The molecular formula is C22H31IN4O2. The Labute approximate surface area is 190 Å². The van der Waals surface area contributed by atoms with Crippen molar-refractivity contribution in [3.8, 4) is 0 Å². The van der Waals surface area contributed by atoms with Crippen LogP contribution in [0.2, 0.25) is 0 Å². The molecule has 0 radical (unpaired) electrons. The zero-order chi connectivity index (χ0) is 19.1. The largest absolute Gasteiger partial charge is 0.374 e. The molecule has 1 N–H and O–H groups in total. The summed E-state index contributed by atoms with van der Waals surface area (Å²) in [4.78, 5) is 21.1. The maximum Gasteiger partial charge on any atom is 0.227 e. The number of hydrogen-bond acceptors (Lipinski definition) is 3. The lowest BCUT2D eigenvalue weighted by Crippen LogP contribution is -2.41. The molecule has 4 saturated heterocycles. The molecule has 1 amide bonds. The highest BCUT2D eigenvalue weighted by molar-refractivity contribution is 14.0. The van der Waals surface area contributed by atoms with Crippen LogP contribution < -0.4 is 10.2 Å². The molecule has 0 saturated carbocycles. The second-order valence-corrected chi connectivity index (χ2v) is 8.51. The first-order valence-corrected chi connectivity index (χ1v) is 10.8. The summed E-state index contributed by atoms with van der Waals surface area (Å²) in [5, 5.41) is 3.48.